The smallest absolute Gasteiger partial charge is 0.142 e. The maximum atomic E-state index is 5.12. The molecule has 0 saturated heterocycles. The average molecular weight is 151 g/mol. The van der Waals surface area contributed by atoms with E-state index in [2.05, 4.69) is 6.58 Å². The second-order valence-electron chi connectivity index (χ2n) is 2.64. The quantitative estimate of drug-likeness (QED) is 0.567. The molecule has 0 aliphatic carbocycles. The molecular weight excluding hydrogens is 138 g/mol. The molecule has 0 bridgehead atoms. The van der Waals surface area contributed by atoms with Gasteiger partial charge in [-0.3, -0.25) is 0 Å². The molecule has 0 aromatic carbocycles. The number of rotatable bonds is 1. The van der Waals surface area contributed by atoms with Crippen molar-refractivity contribution in [2.24, 2.45) is 0 Å². The Balaban J connectivity index is 2.93. The van der Waals surface area contributed by atoms with Crippen LogP contribution in [0.2, 0.25) is 0 Å². The molecule has 0 amide bonds. The molecule has 1 rings (SSSR count). The molecule has 0 radical (unpaired) electrons. The largest absolute Gasteiger partial charge is 0.495 e. The van der Waals surface area contributed by atoms with E-state index in [1.165, 1.54) is 5.57 Å². The van der Waals surface area contributed by atoms with Crippen LogP contribution in [-0.4, -0.2) is 19.1 Å². The Labute approximate surface area is 67.5 Å². The summed E-state index contributed by atoms with van der Waals surface area (Å²) in [6, 6.07) is 0. The molecule has 1 heterocycles. The number of hydrogen-bond donors (Lipinski definition) is 0. The van der Waals surface area contributed by atoms with Gasteiger partial charge in [-0.1, -0.05) is 6.58 Å². The molecule has 0 aromatic heterocycles. The van der Waals surface area contributed by atoms with E-state index in [9.17, 15) is 0 Å². The van der Waals surface area contributed by atoms with Crippen molar-refractivity contribution in [3.8, 4) is 0 Å². The van der Waals surface area contributed by atoms with Crippen LogP contribution in [0.4, 0.5) is 0 Å². The molecule has 0 saturated carbocycles. The third-order valence-corrected chi connectivity index (χ3v) is 1.69. The van der Waals surface area contributed by atoms with Gasteiger partial charge < -0.3 is 9.64 Å². The van der Waals surface area contributed by atoms with Gasteiger partial charge in [0.1, 0.15) is 5.76 Å². The van der Waals surface area contributed by atoms with Crippen LogP contribution < -0.4 is 0 Å². The summed E-state index contributed by atoms with van der Waals surface area (Å²) in [6.45, 7) is 5.90. The minimum absolute atomic E-state index is 0.840. The van der Waals surface area contributed by atoms with Crippen molar-refractivity contribution >= 4 is 0 Å². The van der Waals surface area contributed by atoms with Gasteiger partial charge in [-0.05, 0) is 18.6 Å². The van der Waals surface area contributed by atoms with Crippen molar-refractivity contribution in [1.29, 1.82) is 0 Å². The Morgan fingerprint density at radius 1 is 1.55 bits per heavy atom. The van der Waals surface area contributed by atoms with Crippen LogP contribution in [0, 0.1) is 0 Å². The highest BCUT2D eigenvalue weighted by Crippen LogP contribution is 2.20. The predicted octanol–water partition coefficient (Wildman–Crippen LogP) is 1.88. The van der Waals surface area contributed by atoms with Crippen molar-refractivity contribution in [2.75, 3.05) is 14.2 Å². The van der Waals surface area contributed by atoms with Crippen molar-refractivity contribution in [3.63, 3.8) is 0 Å². The number of likely N-dealkylation sites (N-methyl/N-ethyl adjacent to an activating group) is 1. The highest BCUT2D eigenvalue weighted by molar-refractivity contribution is 5.35. The first-order chi connectivity index (χ1) is 5.15. The van der Waals surface area contributed by atoms with Crippen LogP contribution in [0.1, 0.15) is 6.92 Å². The number of methoxy groups -OCH3 is 1. The molecule has 0 aromatic rings. The third-order valence-electron chi connectivity index (χ3n) is 1.69. The minimum atomic E-state index is 0.840. The summed E-state index contributed by atoms with van der Waals surface area (Å²) in [5.74, 6) is 0.840. The van der Waals surface area contributed by atoms with Gasteiger partial charge in [-0.15, -0.1) is 0 Å². The molecule has 0 atom stereocenters. The van der Waals surface area contributed by atoms with Crippen LogP contribution in [-0.2, 0) is 4.74 Å². The summed E-state index contributed by atoms with van der Waals surface area (Å²) in [5.41, 5.74) is 2.08. The molecule has 1 aliphatic heterocycles. The van der Waals surface area contributed by atoms with E-state index >= 15 is 0 Å². The van der Waals surface area contributed by atoms with Crippen LogP contribution in [0.3, 0.4) is 0 Å². The Hall–Kier alpha value is -1.18. The zero-order valence-corrected chi connectivity index (χ0v) is 7.22. The van der Waals surface area contributed by atoms with Crippen LogP contribution in [0.25, 0.3) is 0 Å². The topological polar surface area (TPSA) is 12.5 Å². The highest BCUT2D eigenvalue weighted by atomic mass is 16.5. The first kappa shape index (κ1) is 7.92. The lowest BCUT2D eigenvalue weighted by Crippen LogP contribution is -2.15. The molecule has 0 unspecified atom stereocenters. The van der Waals surface area contributed by atoms with Gasteiger partial charge in [-0.2, -0.15) is 0 Å². The van der Waals surface area contributed by atoms with Gasteiger partial charge in [0.25, 0.3) is 0 Å². The fraction of sp³-hybridized carbons (Fsp3) is 0.333. The number of nitrogens with zero attached hydrogens (tertiary/aromatic N) is 1. The zero-order chi connectivity index (χ0) is 8.43. The maximum Gasteiger partial charge on any atom is 0.142 e. The Kier molecular flexibility index (Phi) is 2.03. The van der Waals surface area contributed by atoms with E-state index in [1.807, 2.05) is 31.1 Å². The van der Waals surface area contributed by atoms with Gasteiger partial charge in [0.05, 0.1) is 12.8 Å². The first-order valence-electron chi connectivity index (χ1n) is 3.51. The second kappa shape index (κ2) is 2.82. The Morgan fingerprint density at radius 3 is 2.73 bits per heavy atom. The number of ether oxygens (including phenoxy) is 1. The Bertz CT molecular complexity index is 238. The summed E-state index contributed by atoms with van der Waals surface area (Å²) < 4.78 is 5.12. The molecule has 2 nitrogen and oxygen atoms in total. The number of hydrogen-bond acceptors (Lipinski definition) is 2. The lowest BCUT2D eigenvalue weighted by atomic mass is 10.2. The molecule has 1 aliphatic rings. The standard InChI is InChI=1S/C9H13NO/c1-7-5-9(11-4)8(2)10(3)6-7/h5-6H,2H2,1,3-4H3. The fourth-order valence-corrected chi connectivity index (χ4v) is 1.06. The van der Waals surface area contributed by atoms with E-state index in [-0.39, 0.29) is 0 Å². The maximum absolute atomic E-state index is 5.12. The molecule has 60 valence electrons. The van der Waals surface area contributed by atoms with E-state index in [0.29, 0.717) is 0 Å². The summed E-state index contributed by atoms with van der Waals surface area (Å²) in [5, 5.41) is 0. The monoisotopic (exact) mass is 151 g/mol. The van der Waals surface area contributed by atoms with E-state index in [0.717, 1.165) is 11.5 Å². The van der Waals surface area contributed by atoms with Gasteiger partial charge in [0.2, 0.25) is 0 Å². The number of allylic oxidation sites excluding steroid dienone is 2. The van der Waals surface area contributed by atoms with Crippen molar-refractivity contribution in [1.82, 2.24) is 4.90 Å². The summed E-state index contributed by atoms with van der Waals surface area (Å²) >= 11 is 0. The average Bonchev–Trinajstić information content (AvgIpc) is 1.96. The molecule has 2 heteroatoms. The van der Waals surface area contributed by atoms with Gasteiger partial charge in [0.15, 0.2) is 0 Å². The first-order valence-corrected chi connectivity index (χ1v) is 3.51. The summed E-state index contributed by atoms with van der Waals surface area (Å²) in [7, 11) is 3.61. The predicted molar refractivity (Wildman–Crippen MR) is 45.8 cm³/mol. The van der Waals surface area contributed by atoms with Crippen molar-refractivity contribution < 1.29 is 4.74 Å². The molecule has 11 heavy (non-hydrogen) atoms. The van der Waals surface area contributed by atoms with Crippen molar-refractivity contribution in [2.45, 2.75) is 6.92 Å². The van der Waals surface area contributed by atoms with Crippen molar-refractivity contribution in [3.05, 3.63) is 35.9 Å². The van der Waals surface area contributed by atoms with Crippen LogP contribution >= 0.6 is 0 Å². The van der Waals surface area contributed by atoms with E-state index < -0.39 is 0 Å². The molecule has 0 spiro atoms. The normalized spacial score (nSPS) is 17.7. The highest BCUT2D eigenvalue weighted by Gasteiger charge is 2.10. The summed E-state index contributed by atoms with van der Waals surface area (Å²) in [4.78, 5) is 1.95. The minimum Gasteiger partial charge on any atom is -0.495 e. The third kappa shape index (κ3) is 1.45. The SMILES string of the molecule is C=C1C(OC)=CC(C)=CN1C. The van der Waals surface area contributed by atoms with Gasteiger partial charge >= 0.3 is 0 Å². The molecular formula is C9H13NO. The fourth-order valence-electron chi connectivity index (χ4n) is 1.06. The van der Waals surface area contributed by atoms with Crippen LogP contribution in [0.15, 0.2) is 35.9 Å². The van der Waals surface area contributed by atoms with Gasteiger partial charge in [0, 0.05) is 13.2 Å². The van der Waals surface area contributed by atoms with Crippen LogP contribution in [0.5, 0.6) is 0 Å². The molecule has 0 fully saturated rings. The zero-order valence-electron chi connectivity index (χ0n) is 7.22. The van der Waals surface area contributed by atoms with E-state index in [4.69, 9.17) is 4.74 Å². The van der Waals surface area contributed by atoms with Gasteiger partial charge in [-0.25, -0.2) is 0 Å². The summed E-state index contributed by atoms with van der Waals surface area (Å²) in [6.07, 6.45) is 3.99. The lowest BCUT2D eigenvalue weighted by Gasteiger charge is -2.23. The lowest BCUT2D eigenvalue weighted by molar-refractivity contribution is 0.280. The van der Waals surface area contributed by atoms with E-state index in [1.54, 1.807) is 7.11 Å². The second-order valence-corrected chi connectivity index (χ2v) is 2.64. The Morgan fingerprint density at radius 2 is 2.18 bits per heavy atom. The molecule has 0 N–H and O–H groups in total.